The number of esters is 1. The third-order valence-electron chi connectivity index (χ3n) is 3.28. The van der Waals surface area contributed by atoms with Gasteiger partial charge in [-0.1, -0.05) is 6.92 Å². The number of ether oxygens (including phenoxy) is 2. The summed E-state index contributed by atoms with van der Waals surface area (Å²) in [6.07, 6.45) is 2.95. The Bertz CT molecular complexity index is 229. The molecule has 0 aromatic rings. The lowest BCUT2D eigenvalue weighted by Gasteiger charge is -2.19. The first kappa shape index (κ1) is 13.5. The lowest BCUT2D eigenvalue weighted by molar-refractivity contribution is -0.150. The number of carbonyl (C=O) groups excluding carboxylic acids is 1. The van der Waals surface area contributed by atoms with Crippen molar-refractivity contribution in [2.24, 2.45) is 5.92 Å². The highest BCUT2D eigenvalue weighted by Crippen LogP contribution is 2.28. The molecule has 0 aromatic carbocycles. The number of aliphatic hydroxyl groups is 1. The van der Waals surface area contributed by atoms with Crippen LogP contribution in [0.25, 0.3) is 0 Å². The summed E-state index contributed by atoms with van der Waals surface area (Å²) in [5, 5.41) is 9.53. The molecule has 94 valence electrons. The molecule has 1 fully saturated rings. The average molecular weight is 230 g/mol. The summed E-state index contributed by atoms with van der Waals surface area (Å²) >= 11 is 0. The molecule has 1 heterocycles. The molecule has 1 saturated heterocycles. The molecule has 0 radical (unpaired) electrons. The maximum absolute atomic E-state index is 11.3. The van der Waals surface area contributed by atoms with Crippen LogP contribution in [0, 0.1) is 5.92 Å². The molecule has 1 aliphatic rings. The predicted octanol–water partition coefficient (Wildman–Crippen LogP) is 1.50. The van der Waals surface area contributed by atoms with Gasteiger partial charge in [0.25, 0.3) is 0 Å². The van der Waals surface area contributed by atoms with Gasteiger partial charge in [0.05, 0.1) is 31.3 Å². The van der Waals surface area contributed by atoms with Gasteiger partial charge >= 0.3 is 5.97 Å². The van der Waals surface area contributed by atoms with Crippen molar-refractivity contribution in [1.82, 2.24) is 0 Å². The highest BCUT2D eigenvalue weighted by atomic mass is 16.5. The highest BCUT2D eigenvalue weighted by Gasteiger charge is 2.33. The zero-order valence-corrected chi connectivity index (χ0v) is 10.3. The van der Waals surface area contributed by atoms with Gasteiger partial charge < -0.3 is 14.6 Å². The second kappa shape index (κ2) is 6.21. The number of aliphatic hydroxyl groups excluding tert-OH is 1. The van der Waals surface area contributed by atoms with Crippen LogP contribution in [0.1, 0.15) is 39.5 Å². The van der Waals surface area contributed by atoms with Crippen LogP contribution in [0.4, 0.5) is 0 Å². The number of carbonyl (C=O) groups is 1. The summed E-state index contributed by atoms with van der Waals surface area (Å²) in [5.41, 5.74) is 0. The van der Waals surface area contributed by atoms with Crippen molar-refractivity contribution in [3.63, 3.8) is 0 Å². The van der Waals surface area contributed by atoms with Gasteiger partial charge in [-0.2, -0.15) is 0 Å². The largest absolute Gasteiger partial charge is 0.469 e. The molecule has 0 saturated carbocycles. The van der Waals surface area contributed by atoms with Gasteiger partial charge in [-0.25, -0.2) is 0 Å². The molecule has 0 amide bonds. The van der Waals surface area contributed by atoms with Crippen molar-refractivity contribution in [2.45, 2.75) is 57.8 Å². The third kappa shape index (κ3) is 3.46. The zero-order valence-electron chi connectivity index (χ0n) is 10.3. The number of rotatable bonds is 5. The van der Waals surface area contributed by atoms with E-state index >= 15 is 0 Å². The van der Waals surface area contributed by atoms with E-state index in [4.69, 9.17) is 9.47 Å². The Morgan fingerprint density at radius 1 is 1.56 bits per heavy atom. The van der Waals surface area contributed by atoms with E-state index in [1.165, 1.54) is 7.11 Å². The van der Waals surface area contributed by atoms with E-state index in [0.29, 0.717) is 6.42 Å². The minimum atomic E-state index is -0.294. The first-order chi connectivity index (χ1) is 7.58. The highest BCUT2D eigenvalue weighted by molar-refractivity contribution is 5.72. The molecule has 1 N–H and O–H groups in total. The van der Waals surface area contributed by atoms with Gasteiger partial charge in [-0.05, 0) is 32.6 Å². The fourth-order valence-electron chi connectivity index (χ4n) is 2.08. The summed E-state index contributed by atoms with van der Waals surface area (Å²) in [5.74, 6) is -0.435. The van der Waals surface area contributed by atoms with E-state index in [-0.39, 0.29) is 30.2 Å². The molecule has 0 spiro atoms. The molecule has 1 aliphatic heterocycles. The van der Waals surface area contributed by atoms with Crippen LogP contribution in [0.3, 0.4) is 0 Å². The lowest BCUT2D eigenvalue weighted by atomic mass is 10.0. The normalized spacial score (nSPS) is 28.8. The van der Waals surface area contributed by atoms with Gasteiger partial charge in [-0.3, -0.25) is 4.79 Å². The molecule has 1 rings (SSSR count). The average Bonchev–Trinajstić information content (AvgIpc) is 2.75. The summed E-state index contributed by atoms with van der Waals surface area (Å²) in [7, 11) is 1.39. The van der Waals surface area contributed by atoms with Crippen LogP contribution in [0.2, 0.25) is 0 Å². The van der Waals surface area contributed by atoms with E-state index in [9.17, 15) is 9.90 Å². The van der Waals surface area contributed by atoms with Crippen molar-refractivity contribution in [2.75, 3.05) is 7.11 Å². The van der Waals surface area contributed by atoms with Crippen molar-refractivity contribution in [1.29, 1.82) is 0 Å². The van der Waals surface area contributed by atoms with Crippen LogP contribution in [0.5, 0.6) is 0 Å². The Balaban J connectivity index is 2.37. The fraction of sp³-hybridized carbons (Fsp3) is 0.917. The second-order valence-electron chi connectivity index (χ2n) is 4.48. The number of hydrogen-bond donors (Lipinski definition) is 1. The Kier molecular flexibility index (Phi) is 5.22. The van der Waals surface area contributed by atoms with Crippen molar-refractivity contribution in [3.8, 4) is 0 Å². The smallest absolute Gasteiger partial charge is 0.311 e. The second-order valence-corrected chi connectivity index (χ2v) is 4.48. The van der Waals surface area contributed by atoms with E-state index in [0.717, 1.165) is 19.3 Å². The molecule has 4 atom stereocenters. The molecule has 0 bridgehead atoms. The Hall–Kier alpha value is -0.610. The number of methoxy groups -OCH3 is 1. The summed E-state index contributed by atoms with van der Waals surface area (Å²) in [6.45, 7) is 3.78. The van der Waals surface area contributed by atoms with E-state index in [1.807, 2.05) is 13.8 Å². The maximum atomic E-state index is 11.3. The standard InChI is InChI=1S/C12H22O4/c1-4-9(13)7-10-5-6-11(16-10)8(2)12(14)15-3/h8-11,13H,4-7H2,1-3H3. The third-order valence-corrected chi connectivity index (χ3v) is 3.28. The van der Waals surface area contributed by atoms with Gasteiger partial charge in [0.1, 0.15) is 0 Å². The quantitative estimate of drug-likeness (QED) is 0.727. The van der Waals surface area contributed by atoms with Gasteiger partial charge in [0.15, 0.2) is 0 Å². The molecule has 4 nitrogen and oxygen atoms in total. The maximum Gasteiger partial charge on any atom is 0.311 e. The monoisotopic (exact) mass is 230 g/mol. The van der Waals surface area contributed by atoms with Gasteiger partial charge in [0.2, 0.25) is 0 Å². The van der Waals surface area contributed by atoms with Crippen LogP contribution in [-0.4, -0.2) is 36.5 Å². The Labute approximate surface area is 96.9 Å². The van der Waals surface area contributed by atoms with E-state index in [2.05, 4.69) is 0 Å². The SMILES string of the molecule is CCC(O)CC1CCC(C(C)C(=O)OC)O1. The van der Waals surface area contributed by atoms with Crippen molar-refractivity contribution < 1.29 is 19.4 Å². The topological polar surface area (TPSA) is 55.8 Å². The molecule has 4 unspecified atom stereocenters. The molecule has 0 aromatic heterocycles. The fourth-order valence-corrected chi connectivity index (χ4v) is 2.08. The summed E-state index contributed by atoms with van der Waals surface area (Å²) < 4.78 is 10.5. The molecule has 4 heteroatoms. The summed E-state index contributed by atoms with van der Waals surface area (Å²) in [4.78, 5) is 11.3. The minimum Gasteiger partial charge on any atom is -0.469 e. The van der Waals surface area contributed by atoms with Crippen LogP contribution < -0.4 is 0 Å². The van der Waals surface area contributed by atoms with Gasteiger partial charge in [-0.15, -0.1) is 0 Å². The zero-order chi connectivity index (χ0) is 12.1. The first-order valence-corrected chi connectivity index (χ1v) is 5.99. The van der Waals surface area contributed by atoms with Crippen LogP contribution in [-0.2, 0) is 14.3 Å². The Morgan fingerprint density at radius 3 is 2.81 bits per heavy atom. The molecular weight excluding hydrogens is 208 g/mol. The van der Waals surface area contributed by atoms with E-state index in [1.54, 1.807) is 0 Å². The molecule has 0 aliphatic carbocycles. The lowest BCUT2D eigenvalue weighted by Crippen LogP contribution is -2.27. The number of hydrogen-bond acceptors (Lipinski definition) is 4. The van der Waals surface area contributed by atoms with E-state index < -0.39 is 0 Å². The first-order valence-electron chi connectivity index (χ1n) is 5.99. The van der Waals surface area contributed by atoms with Crippen molar-refractivity contribution in [3.05, 3.63) is 0 Å². The minimum absolute atomic E-state index is 0.0542. The molecule has 16 heavy (non-hydrogen) atoms. The van der Waals surface area contributed by atoms with Crippen LogP contribution >= 0.6 is 0 Å². The van der Waals surface area contributed by atoms with Gasteiger partial charge in [0, 0.05) is 0 Å². The van der Waals surface area contributed by atoms with Crippen molar-refractivity contribution >= 4 is 5.97 Å². The molecular formula is C12H22O4. The Morgan fingerprint density at radius 2 is 2.25 bits per heavy atom. The summed E-state index contributed by atoms with van der Waals surface area (Å²) in [6, 6.07) is 0. The predicted molar refractivity (Wildman–Crippen MR) is 60.0 cm³/mol. The van der Waals surface area contributed by atoms with Crippen LogP contribution in [0.15, 0.2) is 0 Å².